The number of rotatable bonds is 2. The summed E-state index contributed by atoms with van der Waals surface area (Å²) < 4.78 is 11.2. The van der Waals surface area contributed by atoms with Gasteiger partial charge in [-0.3, -0.25) is 15.0 Å². The van der Waals surface area contributed by atoms with Crippen molar-refractivity contribution in [2.75, 3.05) is 26.3 Å². The summed E-state index contributed by atoms with van der Waals surface area (Å²) in [5.74, 6) is 0.595. The molecule has 2 heterocycles. The largest absolute Gasteiger partial charge is 0.485 e. The maximum atomic E-state index is 11.0. The maximum absolute atomic E-state index is 11.0. The number of benzene rings is 1. The highest BCUT2D eigenvalue weighted by Crippen LogP contribution is 2.44. The number of fused-ring (bicyclic) bond motifs is 1. The summed E-state index contributed by atoms with van der Waals surface area (Å²) in [5, 5.41) is 21.8. The molecule has 1 saturated heterocycles. The fourth-order valence-electron chi connectivity index (χ4n) is 3.12. The molecule has 1 aromatic rings. The zero-order chi connectivity index (χ0) is 15.9. The van der Waals surface area contributed by atoms with Crippen molar-refractivity contribution in [2.24, 2.45) is 0 Å². The quantitative estimate of drug-likeness (QED) is 0.651. The van der Waals surface area contributed by atoms with Crippen LogP contribution < -0.4 is 4.74 Å². The number of ether oxygens (including phenoxy) is 2. The van der Waals surface area contributed by atoms with Crippen molar-refractivity contribution >= 4 is 18.1 Å². The van der Waals surface area contributed by atoms with Crippen LogP contribution in [0.1, 0.15) is 25.5 Å². The number of aliphatic hydroxyl groups excluding tert-OH is 1. The summed E-state index contributed by atoms with van der Waals surface area (Å²) in [7, 11) is 0. The van der Waals surface area contributed by atoms with Crippen molar-refractivity contribution in [1.29, 1.82) is 0 Å². The Hall–Kier alpha value is -1.41. The Morgan fingerprint density at radius 3 is 2.61 bits per heavy atom. The minimum atomic E-state index is -0.778. The third-order valence-corrected chi connectivity index (χ3v) is 4.35. The normalized spacial score (nSPS) is 26.6. The van der Waals surface area contributed by atoms with Crippen molar-refractivity contribution in [3.05, 3.63) is 33.9 Å². The number of non-ortho nitro benzene ring substituents is 1. The lowest BCUT2D eigenvalue weighted by Crippen LogP contribution is -2.55. The molecule has 2 atom stereocenters. The van der Waals surface area contributed by atoms with Gasteiger partial charge < -0.3 is 14.6 Å². The lowest BCUT2D eigenvalue weighted by molar-refractivity contribution is -0.385. The molecular weight excluding hydrogens is 324 g/mol. The van der Waals surface area contributed by atoms with Crippen LogP contribution in [-0.2, 0) is 4.74 Å². The molecule has 2 unspecified atom stereocenters. The van der Waals surface area contributed by atoms with Crippen molar-refractivity contribution in [2.45, 2.75) is 31.6 Å². The first-order chi connectivity index (χ1) is 10.4. The third kappa shape index (κ3) is 3.28. The summed E-state index contributed by atoms with van der Waals surface area (Å²) in [6.07, 6.45) is -0.778. The lowest BCUT2D eigenvalue weighted by atomic mass is 9.85. The van der Waals surface area contributed by atoms with Gasteiger partial charge in [0.25, 0.3) is 5.69 Å². The molecule has 128 valence electrons. The van der Waals surface area contributed by atoms with Crippen molar-refractivity contribution in [1.82, 2.24) is 4.90 Å². The zero-order valence-electron chi connectivity index (χ0n) is 13.1. The van der Waals surface area contributed by atoms with Gasteiger partial charge in [0.1, 0.15) is 17.5 Å². The minimum Gasteiger partial charge on any atom is -0.485 e. The highest BCUT2D eigenvalue weighted by Gasteiger charge is 2.46. The van der Waals surface area contributed by atoms with Gasteiger partial charge in [-0.05, 0) is 19.9 Å². The second-order valence-corrected chi connectivity index (χ2v) is 6.22. The third-order valence-electron chi connectivity index (χ3n) is 4.35. The molecule has 1 aromatic carbocycles. The summed E-state index contributed by atoms with van der Waals surface area (Å²) in [6, 6.07) is 4.23. The molecule has 0 amide bonds. The smallest absolute Gasteiger partial charge is 0.270 e. The Bertz CT molecular complexity index is 589. The molecule has 7 nitrogen and oxygen atoms in total. The van der Waals surface area contributed by atoms with Crippen LogP contribution in [0.25, 0.3) is 0 Å². The number of hydrogen-bond donors (Lipinski definition) is 1. The van der Waals surface area contributed by atoms with Gasteiger partial charge in [-0.15, -0.1) is 12.4 Å². The molecular formula is C15H21ClN2O5. The molecule has 0 bridgehead atoms. The van der Waals surface area contributed by atoms with Gasteiger partial charge in [-0.1, -0.05) is 0 Å². The van der Waals surface area contributed by atoms with Gasteiger partial charge >= 0.3 is 0 Å². The van der Waals surface area contributed by atoms with E-state index in [2.05, 4.69) is 4.90 Å². The van der Waals surface area contributed by atoms with Gasteiger partial charge in [0.05, 0.1) is 24.2 Å². The molecule has 1 N–H and O–H groups in total. The average Bonchev–Trinajstić information content (AvgIpc) is 2.48. The lowest BCUT2D eigenvalue weighted by Gasteiger charge is -2.47. The molecule has 8 heteroatoms. The first-order valence-electron chi connectivity index (χ1n) is 7.37. The number of aliphatic hydroxyl groups is 1. The van der Waals surface area contributed by atoms with Crippen molar-refractivity contribution in [3.63, 3.8) is 0 Å². The Balaban J connectivity index is 0.00000192. The van der Waals surface area contributed by atoms with Crippen LogP contribution in [-0.4, -0.2) is 52.9 Å². The standard InChI is InChI=1S/C15H20N2O5.ClH/c1-15(2)14(18)13(16-5-7-21-8-6-16)11-9-10(17(19)20)3-4-12(11)22-15;/h3-4,9,13-14,18H,5-8H2,1-2H3;1H. The van der Waals surface area contributed by atoms with Crippen molar-refractivity contribution in [3.8, 4) is 5.75 Å². The molecule has 2 aliphatic heterocycles. The topological polar surface area (TPSA) is 85.1 Å². The highest BCUT2D eigenvalue weighted by molar-refractivity contribution is 5.85. The van der Waals surface area contributed by atoms with E-state index < -0.39 is 16.6 Å². The van der Waals surface area contributed by atoms with Gasteiger partial charge in [0, 0.05) is 30.8 Å². The average molecular weight is 345 g/mol. The van der Waals surface area contributed by atoms with E-state index in [9.17, 15) is 15.2 Å². The molecule has 0 saturated carbocycles. The van der Waals surface area contributed by atoms with E-state index in [1.54, 1.807) is 6.07 Å². The van der Waals surface area contributed by atoms with Crippen LogP contribution in [0.2, 0.25) is 0 Å². The number of halogens is 1. The molecule has 0 aliphatic carbocycles. The first kappa shape index (κ1) is 17.9. The van der Waals surface area contributed by atoms with E-state index >= 15 is 0 Å². The molecule has 2 aliphatic rings. The van der Waals surface area contributed by atoms with Crippen LogP contribution in [0.15, 0.2) is 18.2 Å². The van der Waals surface area contributed by atoms with Crippen LogP contribution in [0.4, 0.5) is 5.69 Å². The van der Waals surface area contributed by atoms with Gasteiger partial charge in [-0.25, -0.2) is 0 Å². The van der Waals surface area contributed by atoms with Gasteiger partial charge in [0.2, 0.25) is 0 Å². The van der Waals surface area contributed by atoms with E-state index in [-0.39, 0.29) is 24.1 Å². The first-order valence-corrected chi connectivity index (χ1v) is 7.37. The second kappa shape index (κ2) is 6.60. The molecule has 0 spiro atoms. The van der Waals surface area contributed by atoms with Crippen LogP contribution in [0.5, 0.6) is 5.75 Å². The monoisotopic (exact) mass is 344 g/mol. The molecule has 0 radical (unpaired) electrons. The molecule has 3 rings (SSSR count). The van der Waals surface area contributed by atoms with E-state index in [4.69, 9.17) is 9.47 Å². The Kier molecular flexibility index (Phi) is 5.15. The van der Waals surface area contributed by atoms with E-state index in [1.807, 2.05) is 13.8 Å². The number of nitro groups is 1. The maximum Gasteiger partial charge on any atom is 0.270 e. The Morgan fingerprint density at radius 2 is 2.00 bits per heavy atom. The van der Waals surface area contributed by atoms with Crippen molar-refractivity contribution < 1.29 is 19.5 Å². The number of nitro benzene ring substituents is 1. The molecule has 1 fully saturated rings. The highest BCUT2D eigenvalue weighted by atomic mass is 35.5. The number of morpholine rings is 1. The SMILES string of the molecule is CC1(C)Oc2ccc([N+](=O)[O-])cc2C(N2CCOCC2)C1O.Cl. The molecule has 23 heavy (non-hydrogen) atoms. The fraction of sp³-hybridized carbons (Fsp3) is 0.600. The van der Waals surface area contributed by atoms with Crippen LogP contribution in [0.3, 0.4) is 0 Å². The number of hydrogen-bond acceptors (Lipinski definition) is 6. The van der Waals surface area contributed by atoms with Gasteiger partial charge in [-0.2, -0.15) is 0 Å². The second-order valence-electron chi connectivity index (χ2n) is 6.22. The summed E-state index contributed by atoms with van der Waals surface area (Å²) in [6.45, 7) is 6.20. The summed E-state index contributed by atoms with van der Waals surface area (Å²) >= 11 is 0. The van der Waals surface area contributed by atoms with E-state index in [0.29, 0.717) is 37.6 Å². The van der Waals surface area contributed by atoms with E-state index in [1.165, 1.54) is 12.1 Å². The predicted molar refractivity (Wildman–Crippen MR) is 86.2 cm³/mol. The van der Waals surface area contributed by atoms with Crippen LogP contribution >= 0.6 is 12.4 Å². The summed E-state index contributed by atoms with van der Waals surface area (Å²) in [4.78, 5) is 12.7. The van der Waals surface area contributed by atoms with E-state index in [0.717, 1.165) is 0 Å². The predicted octanol–water partition coefficient (Wildman–Crippen LogP) is 1.92. The zero-order valence-corrected chi connectivity index (χ0v) is 13.9. The Labute approximate surface area is 140 Å². The fourth-order valence-corrected chi connectivity index (χ4v) is 3.12. The minimum absolute atomic E-state index is 0. The van der Waals surface area contributed by atoms with Gasteiger partial charge in [0.15, 0.2) is 0 Å². The summed E-state index contributed by atoms with van der Waals surface area (Å²) in [5.41, 5.74) is -0.0815. The van der Waals surface area contributed by atoms with Crippen LogP contribution in [0, 0.1) is 10.1 Å². The Morgan fingerprint density at radius 1 is 1.35 bits per heavy atom. The number of nitrogens with zero attached hydrogens (tertiary/aromatic N) is 2. The molecule has 0 aromatic heterocycles.